The summed E-state index contributed by atoms with van der Waals surface area (Å²) in [5, 5.41) is 9.82. The summed E-state index contributed by atoms with van der Waals surface area (Å²) in [7, 11) is 0. The molecule has 1 saturated heterocycles. The van der Waals surface area contributed by atoms with Gasteiger partial charge in [-0.15, -0.1) is 0 Å². The van der Waals surface area contributed by atoms with Gasteiger partial charge in [0.15, 0.2) is 0 Å². The molecule has 0 aromatic carbocycles. The molecule has 2 rings (SSSR count). The van der Waals surface area contributed by atoms with Gasteiger partial charge in [-0.3, -0.25) is 33.9 Å². The van der Waals surface area contributed by atoms with Gasteiger partial charge in [0.25, 0.3) is 0 Å². The minimum absolute atomic E-state index is 0.0253. The second-order valence-corrected chi connectivity index (χ2v) is 15.1. The molecule has 11 heteroatoms. The molecule has 2 fully saturated rings. The second-order valence-electron chi connectivity index (χ2n) is 15.1. The van der Waals surface area contributed by atoms with Crippen LogP contribution in [0, 0.1) is 0 Å². The lowest BCUT2D eigenvalue weighted by molar-refractivity contribution is -0.161. The number of carboxylic acid groups (broad SMARTS) is 1. The minimum Gasteiger partial charge on any atom is -0.481 e. The van der Waals surface area contributed by atoms with E-state index in [1.807, 2.05) is 74.1 Å². The molecule has 1 aliphatic carbocycles. The summed E-state index contributed by atoms with van der Waals surface area (Å²) in [5.74, 6) is -2.09. The zero-order chi connectivity index (χ0) is 32.8. The lowest BCUT2D eigenvalue weighted by Gasteiger charge is -2.46. The van der Waals surface area contributed by atoms with Crippen molar-refractivity contribution in [2.24, 2.45) is 0 Å². The number of rotatable bonds is 11. The van der Waals surface area contributed by atoms with E-state index in [2.05, 4.69) is 9.80 Å². The Morgan fingerprint density at radius 1 is 0.744 bits per heavy atom. The van der Waals surface area contributed by atoms with Gasteiger partial charge in [0, 0.05) is 37.1 Å². The molecule has 1 heterocycles. The van der Waals surface area contributed by atoms with E-state index < -0.39 is 34.3 Å². The summed E-state index contributed by atoms with van der Waals surface area (Å²) in [6.07, 6.45) is 3.68. The first-order valence-electron chi connectivity index (χ1n) is 15.7. The van der Waals surface area contributed by atoms with Crippen LogP contribution < -0.4 is 0 Å². The van der Waals surface area contributed by atoms with E-state index in [1.54, 1.807) is 0 Å². The maximum Gasteiger partial charge on any atom is 0.320 e. The second kappa shape index (κ2) is 14.7. The van der Waals surface area contributed by atoms with Crippen molar-refractivity contribution in [3.05, 3.63) is 0 Å². The van der Waals surface area contributed by atoms with Crippen LogP contribution in [0.15, 0.2) is 0 Å². The number of likely N-dealkylation sites (N-methyl/N-ethyl adjacent to an activating group) is 1. The van der Waals surface area contributed by atoms with E-state index in [4.69, 9.17) is 14.2 Å². The van der Waals surface area contributed by atoms with E-state index >= 15 is 0 Å². The molecule has 2 atom stereocenters. The number of carbonyl (C=O) groups is 4. The van der Waals surface area contributed by atoms with Crippen LogP contribution in [-0.4, -0.2) is 117 Å². The number of nitrogens with zero attached hydrogens (tertiary/aromatic N) is 3. The standard InChI is InChI=1S/C32H57N3O8/c1-11-35(20-28(40)43-31(8,9)10)32(17-16-25(36)37)21-33(18-26(38)41-29(2,3)4)23-14-12-13-15-24(23)34(22-32)19-27(39)42-30(5,6)7/h23-24H,11-22H2,1-10H3,(H,36,37)/t23-,24-/m1/s1. The molecule has 0 bridgehead atoms. The lowest BCUT2D eigenvalue weighted by Crippen LogP contribution is -2.62. The Morgan fingerprint density at radius 2 is 1.14 bits per heavy atom. The monoisotopic (exact) mass is 611 g/mol. The fourth-order valence-corrected chi connectivity index (χ4v) is 6.41. The van der Waals surface area contributed by atoms with Gasteiger partial charge < -0.3 is 19.3 Å². The van der Waals surface area contributed by atoms with Gasteiger partial charge in [-0.05, 0) is 88.1 Å². The average Bonchev–Trinajstić information content (AvgIpc) is 2.93. The Kier molecular flexibility index (Phi) is 12.6. The normalized spacial score (nSPS) is 21.9. The van der Waals surface area contributed by atoms with Crippen LogP contribution in [0.5, 0.6) is 0 Å². The maximum atomic E-state index is 13.2. The van der Waals surface area contributed by atoms with Crippen LogP contribution >= 0.6 is 0 Å². The summed E-state index contributed by atoms with van der Waals surface area (Å²) in [6, 6.07) is -0.119. The topological polar surface area (TPSA) is 126 Å². The van der Waals surface area contributed by atoms with Crippen molar-refractivity contribution in [3.63, 3.8) is 0 Å². The smallest absolute Gasteiger partial charge is 0.320 e. The first kappa shape index (κ1) is 36.9. The highest BCUT2D eigenvalue weighted by Gasteiger charge is 2.49. The van der Waals surface area contributed by atoms with E-state index in [0.29, 0.717) is 19.6 Å². The van der Waals surface area contributed by atoms with E-state index in [0.717, 1.165) is 25.7 Å². The predicted octanol–water partition coefficient (Wildman–Crippen LogP) is 3.87. The van der Waals surface area contributed by atoms with E-state index in [9.17, 15) is 24.3 Å². The van der Waals surface area contributed by atoms with Crippen molar-refractivity contribution < 1.29 is 38.5 Å². The highest BCUT2D eigenvalue weighted by Crippen LogP contribution is 2.37. The minimum atomic E-state index is -0.952. The van der Waals surface area contributed by atoms with Crippen molar-refractivity contribution in [2.45, 2.75) is 142 Å². The van der Waals surface area contributed by atoms with Gasteiger partial charge >= 0.3 is 23.9 Å². The maximum absolute atomic E-state index is 13.2. The number of carbonyl (C=O) groups excluding carboxylic acids is 3. The SMILES string of the molecule is CCN(CC(=O)OC(C)(C)C)C1(CCC(=O)O)CN(CC(=O)OC(C)(C)C)[C@@H]2CCCC[C@H]2N(CC(=O)OC(C)(C)C)C1. The molecule has 0 unspecified atom stereocenters. The summed E-state index contributed by atoms with van der Waals surface area (Å²) in [6.45, 7) is 19.4. The van der Waals surface area contributed by atoms with Crippen LogP contribution in [0.3, 0.4) is 0 Å². The van der Waals surface area contributed by atoms with Crippen LogP contribution in [0.4, 0.5) is 0 Å². The fourth-order valence-electron chi connectivity index (χ4n) is 6.41. The van der Waals surface area contributed by atoms with Gasteiger partial charge in [0.05, 0.1) is 19.6 Å². The van der Waals surface area contributed by atoms with Crippen LogP contribution in [-0.2, 0) is 33.4 Å². The van der Waals surface area contributed by atoms with Gasteiger partial charge in [-0.1, -0.05) is 19.8 Å². The Morgan fingerprint density at radius 3 is 1.49 bits per heavy atom. The number of ether oxygens (including phenoxy) is 3. The Balaban J connectivity index is 2.64. The summed E-state index contributed by atoms with van der Waals surface area (Å²) in [4.78, 5) is 57.9. The third-order valence-corrected chi connectivity index (χ3v) is 7.73. The fraction of sp³-hybridized carbons (Fsp3) is 0.875. The number of esters is 3. The molecule has 248 valence electrons. The van der Waals surface area contributed by atoms with E-state index in [-0.39, 0.29) is 56.5 Å². The number of carboxylic acids is 1. The summed E-state index contributed by atoms with van der Waals surface area (Å²) in [5.41, 5.74) is -2.89. The highest BCUT2D eigenvalue weighted by molar-refractivity contribution is 5.73. The molecular formula is C32H57N3O8. The first-order chi connectivity index (χ1) is 19.6. The average molecular weight is 612 g/mol. The molecule has 0 radical (unpaired) electrons. The number of hydrogen-bond donors (Lipinski definition) is 1. The molecular weight excluding hydrogens is 554 g/mol. The number of fused-ring (bicyclic) bond motifs is 1. The predicted molar refractivity (Wildman–Crippen MR) is 164 cm³/mol. The first-order valence-corrected chi connectivity index (χ1v) is 15.7. The third-order valence-electron chi connectivity index (χ3n) is 7.73. The van der Waals surface area contributed by atoms with Gasteiger partial charge in [0.2, 0.25) is 0 Å². The molecule has 1 N–H and O–H groups in total. The highest BCUT2D eigenvalue weighted by atomic mass is 16.6. The van der Waals surface area contributed by atoms with Gasteiger partial charge in [-0.25, -0.2) is 0 Å². The van der Waals surface area contributed by atoms with Crippen LogP contribution in [0.2, 0.25) is 0 Å². The van der Waals surface area contributed by atoms with Crippen LogP contribution in [0.25, 0.3) is 0 Å². The zero-order valence-corrected chi connectivity index (χ0v) is 28.3. The van der Waals surface area contributed by atoms with Crippen molar-refractivity contribution in [1.82, 2.24) is 14.7 Å². The Bertz CT molecular complexity index is 931. The number of hydrogen-bond acceptors (Lipinski definition) is 10. The lowest BCUT2D eigenvalue weighted by atomic mass is 9.88. The molecule has 0 aromatic heterocycles. The zero-order valence-electron chi connectivity index (χ0n) is 28.3. The van der Waals surface area contributed by atoms with E-state index in [1.165, 1.54) is 0 Å². The molecule has 43 heavy (non-hydrogen) atoms. The van der Waals surface area contributed by atoms with Crippen molar-refractivity contribution in [1.29, 1.82) is 0 Å². The molecule has 0 spiro atoms. The summed E-state index contributed by atoms with van der Waals surface area (Å²) < 4.78 is 17.1. The summed E-state index contributed by atoms with van der Waals surface area (Å²) >= 11 is 0. The molecule has 11 nitrogen and oxygen atoms in total. The molecule has 1 aliphatic heterocycles. The van der Waals surface area contributed by atoms with Crippen molar-refractivity contribution >= 4 is 23.9 Å². The molecule has 1 saturated carbocycles. The van der Waals surface area contributed by atoms with Crippen molar-refractivity contribution in [2.75, 3.05) is 39.3 Å². The van der Waals surface area contributed by atoms with Crippen molar-refractivity contribution in [3.8, 4) is 0 Å². The third kappa shape index (κ3) is 12.3. The molecule has 2 aliphatic rings. The number of aliphatic carboxylic acids is 1. The molecule has 0 aromatic rings. The van der Waals surface area contributed by atoms with Gasteiger partial charge in [0.1, 0.15) is 16.8 Å². The van der Waals surface area contributed by atoms with Gasteiger partial charge in [-0.2, -0.15) is 0 Å². The Hall–Kier alpha value is -2.24. The quantitative estimate of drug-likeness (QED) is 0.270. The Labute approximate surface area is 258 Å². The van der Waals surface area contributed by atoms with Crippen LogP contribution in [0.1, 0.15) is 108 Å². The largest absolute Gasteiger partial charge is 0.481 e. The molecule has 0 amide bonds.